The number of rotatable bonds is 6. The van der Waals surface area contributed by atoms with E-state index in [0.717, 1.165) is 22.9 Å². The van der Waals surface area contributed by atoms with Crippen LogP contribution in [0.4, 0.5) is 0 Å². The normalized spacial score (nSPS) is 10.8. The van der Waals surface area contributed by atoms with E-state index in [1.807, 2.05) is 37.3 Å². The summed E-state index contributed by atoms with van der Waals surface area (Å²) in [5.74, 6) is -0.852. The summed E-state index contributed by atoms with van der Waals surface area (Å²) in [7, 11) is 0. The molecule has 5 heteroatoms. The number of hydrogen-bond acceptors (Lipinski definition) is 4. The molecule has 0 atom stereocenters. The predicted molar refractivity (Wildman–Crippen MR) is 85.0 cm³/mol. The standard InChI is InChI=1S/C17H18N2O3/c1-2-10-18-15(20)12-22-16(21)9-8-14-6-3-5-13-7-4-11-19-17(13)14/h3-9,11H,2,10,12H2,1H3,(H,18,20)/b9-8+. The van der Waals surface area contributed by atoms with E-state index >= 15 is 0 Å². The van der Waals surface area contributed by atoms with Crippen LogP contribution in [0.2, 0.25) is 0 Å². The Labute approximate surface area is 129 Å². The maximum Gasteiger partial charge on any atom is 0.331 e. The Morgan fingerprint density at radius 3 is 2.91 bits per heavy atom. The molecule has 0 radical (unpaired) electrons. The van der Waals surface area contributed by atoms with Crippen LogP contribution in [0.15, 0.2) is 42.6 Å². The monoisotopic (exact) mass is 298 g/mol. The SMILES string of the molecule is CCCNC(=O)COC(=O)/C=C/c1cccc2cccnc12. The van der Waals surface area contributed by atoms with E-state index in [1.54, 1.807) is 12.3 Å². The van der Waals surface area contributed by atoms with Crippen LogP contribution in [-0.4, -0.2) is 30.0 Å². The van der Waals surface area contributed by atoms with Crippen molar-refractivity contribution in [3.63, 3.8) is 0 Å². The molecule has 22 heavy (non-hydrogen) atoms. The molecule has 0 aliphatic heterocycles. The second-order valence-electron chi connectivity index (χ2n) is 4.71. The van der Waals surface area contributed by atoms with E-state index in [1.165, 1.54) is 6.08 Å². The second kappa shape index (κ2) is 7.93. The van der Waals surface area contributed by atoms with Crippen molar-refractivity contribution in [3.8, 4) is 0 Å². The summed E-state index contributed by atoms with van der Waals surface area (Å²) in [6.07, 6.45) is 5.49. The van der Waals surface area contributed by atoms with Gasteiger partial charge in [-0.3, -0.25) is 9.78 Å². The zero-order valence-electron chi connectivity index (χ0n) is 12.4. The minimum absolute atomic E-state index is 0.267. The number of fused-ring (bicyclic) bond motifs is 1. The second-order valence-corrected chi connectivity index (χ2v) is 4.71. The van der Waals surface area contributed by atoms with Gasteiger partial charge < -0.3 is 10.1 Å². The van der Waals surface area contributed by atoms with Crippen LogP contribution in [0.5, 0.6) is 0 Å². The summed E-state index contributed by atoms with van der Waals surface area (Å²) >= 11 is 0. The fraction of sp³-hybridized carbons (Fsp3) is 0.235. The van der Waals surface area contributed by atoms with Gasteiger partial charge in [-0.15, -0.1) is 0 Å². The van der Waals surface area contributed by atoms with Crippen LogP contribution in [0.25, 0.3) is 17.0 Å². The Bertz CT molecular complexity index is 690. The third-order valence-corrected chi connectivity index (χ3v) is 2.98. The molecule has 1 N–H and O–H groups in total. The lowest BCUT2D eigenvalue weighted by Crippen LogP contribution is -2.28. The lowest BCUT2D eigenvalue weighted by Gasteiger charge is -2.03. The first kappa shape index (κ1) is 15.7. The van der Waals surface area contributed by atoms with Gasteiger partial charge in [-0.25, -0.2) is 4.79 Å². The van der Waals surface area contributed by atoms with Gasteiger partial charge in [-0.05, 0) is 18.6 Å². The highest BCUT2D eigenvalue weighted by atomic mass is 16.5. The largest absolute Gasteiger partial charge is 0.452 e. The zero-order valence-corrected chi connectivity index (χ0v) is 12.4. The van der Waals surface area contributed by atoms with Gasteiger partial charge in [0.1, 0.15) is 0 Å². The van der Waals surface area contributed by atoms with Crippen molar-refractivity contribution in [3.05, 3.63) is 48.2 Å². The number of hydrogen-bond donors (Lipinski definition) is 1. The first-order chi connectivity index (χ1) is 10.7. The van der Waals surface area contributed by atoms with Crippen molar-refractivity contribution in [2.24, 2.45) is 0 Å². The summed E-state index contributed by atoms with van der Waals surface area (Å²) in [5.41, 5.74) is 1.64. The van der Waals surface area contributed by atoms with Crippen molar-refractivity contribution in [1.82, 2.24) is 10.3 Å². The lowest BCUT2D eigenvalue weighted by atomic mass is 10.1. The molecule has 0 fully saturated rings. The van der Waals surface area contributed by atoms with E-state index in [0.29, 0.717) is 6.54 Å². The summed E-state index contributed by atoms with van der Waals surface area (Å²) < 4.78 is 4.88. The number of amides is 1. The topological polar surface area (TPSA) is 68.3 Å². The van der Waals surface area contributed by atoms with Crippen molar-refractivity contribution < 1.29 is 14.3 Å². The maximum absolute atomic E-state index is 11.6. The molecule has 0 unspecified atom stereocenters. The number of aromatic nitrogens is 1. The van der Waals surface area contributed by atoms with Crippen LogP contribution >= 0.6 is 0 Å². The quantitative estimate of drug-likeness (QED) is 0.656. The van der Waals surface area contributed by atoms with Crippen molar-refractivity contribution in [2.45, 2.75) is 13.3 Å². The number of nitrogens with one attached hydrogen (secondary N) is 1. The molecular weight excluding hydrogens is 280 g/mol. The number of esters is 1. The molecule has 0 saturated carbocycles. The Balaban J connectivity index is 1.96. The molecule has 1 heterocycles. The maximum atomic E-state index is 11.6. The fourth-order valence-corrected chi connectivity index (χ4v) is 1.92. The van der Waals surface area contributed by atoms with Crippen LogP contribution in [0.1, 0.15) is 18.9 Å². The van der Waals surface area contributed by atoms with E-state index in [2.05, 4.69) is 10.3 Å². The molecule has 1 amide bonds. The average molecular weight is 298 g/mol. The number of nitrogens with zero attached hydrogens (tertiary/aromatic N) is 1. The van der Waals surface area contributed by atoms with Crippen LogP contribution < -0.4 is 5.32 Å². The Kier molecular flexibility index (Phi) is 5.65. The predicted octanol–water partition coefficient (Wildman–Crippen LogP) is 2.32. The molecular formula is C17H18N2O3. The first-order valence-electron chi connectivity index (χ1n) is 7.16. The number of benzene rings is 1. The summed E-state index contributed by atoms with van der Waals surface area (Å²) in [6, 6.07) is 9.53. The summed E-state index contributed by atoms with van der Waals surface area (Å²) in [4.78, 5) is 27.3. The number of para-hydroxylation sites is 1. The van der Waals surface area contributed by atoms with Crippen molar-refractivity contribution >= 4 is 28.9 Å². The van der Waals surface area contributed by atoms with E-state index < -0.39 is 5.97 Å². The van der Waals surface area contributed by atoms with Gasteiger partial charge in [0.05, 0.1) is 5.52 Å². The molecule has 0 spiro atoms. The minimum Gasteiger partial charge on any atom is -0.452 e. The molecule has 5 nitrogen and oxygen atoms in total. The molecule has 0 aliphatic carbocycles. The van der Waals surface area contributed by atoms with E-state index in [9.17, 15) is 9.59 Å². The third-order valence-electron chi connectivity index (χ3n) is 2.98. The molecule has 2 aromatic rings. The number of carbonyl (C=O) groups is 2. The Hall–Kier alpha value is -2.69. The van der Waals surface area contributed by atoms with Gasteiger partial charge in [0.25, 0.3) is 5.91 Å². The molecule has 1 aromatic carbocycles. The summed E-state index contributed by atoms with van der Waals surface area (Å²) in [6.45, 7) is 2.26. The number of carbonyl (C=O) groups excluding carboxylic acids is 2. The molecule has 114 valence electrons. The van der Waals surface area contributed by atoms with E-state index in [4.69, 9.17) is 4.74 Å². The fourth-order valence-electron chi connectivity index (χ4n) is 1.92. The lowest BCUT2D eigenvalue weighted by molar-refractivity contribution is -0.143. The average Bonchev–Trinajstić information content (AvgIpc) is 2.56. The van der Waals surface area contributed by atoms with E-state index in [-0.39, 0.29) is 12.5 Å². The zero-order chi connectivity index (χ0) is 15.8. The highest BCUT2D eigenvalue weighted by Crippen LogP contribution is 2.17. The highest BCUT2D eigenvalue weighted by Gasteiger charge is 2.04. The van der Waals surface area contributed by atoms with Gasteiger partial charge >= 0.3 is 5.97 Å². The van der Waals surface area contributed by atoms with Gasteiger partial charge in [0.2, 0.25) is 0 Å². The van der Waals surface area contributed by atoms with Crippen LogP contribution in [0.3, 0.4) is 0 Å². The van der Waals surface area contributed by atoms with Gasteiger partial charge in [-0.1, -0.05) is 31.2 Å². The molecule has 2 rings (SSSR count). The first-order valence-corrected chi connectivity index (χ1v) is 7.16. The number of pyridine rings is 1. The molecule has 0 bridgehead atoms. The molecule has 0 aliphatic rings. The Morgan fingerprint density at radius 2 is 2.09 bits per heavy atom. The van der Waals surface area contributed by atoms with Crippen LogP contribution in [0, 0.1) is 0 Å². The van der Waals surface area contributed by atoms with Gasteiger partial charge in [-0.2, -0.15) is 0 Å². The van der Waals surface area contributed by atoms with Crippen LogP contribution in [-0.2, 0) is 14.3 Å². The van der Waals surface area contributed by atoms with Gasteiger partial charge in [0.15, 0.2) is 6.61 Å². The minimum atomic E-state index is -0.556. The molecule has 1 aromatic heterocycles. The van der Waals surface area contributed by atoms with Crippen molar-refractivity contribution in [1.29, 1.82) is 0 Å². The highest BCUT2D eigenvalue weighted by molar-refractivity contribution is 5.93. The van der Waals surface area contributed by atoms with Gasteiger partial charge in [0, 0.05) is 29.8 Å². The van der Waals surface area contributed by atoms with Crippen molar-refractivity contribution in [2.75, 3.05) is 13.2 Å². The summed E-state index contributed by atoms with van der Waals surface area (Å²) in [5, 5.41) is 3.63. The molecule has 0 saturated heterocycles. The number of ether oxygens (including phenoxy) is 1. The Morgan fingerprint density at radius 1 is 1.27 bits per heavy atom. The third kappa shape index (κ3) is 4.41. The smallest absolute Gasteiger partial charge is 0.331 e.